The maximum atomic E-state index is 13.7. The van der Waals surface area contributed by atoms with Crippen LogP contribution in [0.3, 0.4) is 0 Å². The molecule has 0 N–H and O–H groups in total. The third kappa shape index (κ3) is 1.76. The average Bonchev–Trinajstić information content (AvgIpc) is 2.93. The Kier molecular flexibility index (Phi) is 2.74. The van der Waals surface area contributed by atoms with E-state index in [1.165, 1.54) is 6.07 Å². The summed E-state index contributed by atoms with van der Waals surface area (Å²) in [5.41, 5.74) is 0.605. The molecule has 18 heavy (non-hydrogen) atoms. The Bertz CT molecular complexity index is 602. The molecule has 0 bridgehead atoms. The lowest BCUT2D eigenvalue weighted by atomic mass is 10.0. The van der Waals surface area contributed by atoms with Crippen molar-refractivity contribution in [2.45, 2.75) is 12.8 Å². The van der Waals surface area contributed by atoms with Crippen molar-refractivity contribution < 1.29 is 9.18 Å². The highest BCUT2D eigenvalue weighted by Gasteiger charge is 2.21. The summed E-state index contributed by atoms with van der Waals surface area (Å²) in [5.74, 6) is -0.257. The van der Waals surface area contributed by atoms with Gasteiger partial charge in [-0.25, -0.2) is 4.39 Å². The topological polar surface area (TPSA) is 20.3 Å². The van der Waals surface area contributed by atoms with Crippen LogP contribution in [0, 0.1) is 5.82 Å². The first-order chi connectivity index (χ1) is 8.77. The van der Waals surface area contributed by atoms with Gasteiger partial charge in [0.15, 0.2) is 0 Å². The molecular weight excluding hydrogens is 229 g/mol. The van der Waals surface area contributed by atoms with Crippen LogP contribution >= 0.6 is 0 Å². The van der Waals surface area contributed by atoms with E-state index < -0.39 is 0 Å². The number of carbonyl (C=O) groups excluding carboxylic acids is 1. The molecule has 0 aromatic heterocycles. The molecule has 1 heterocycles. The molecule has 0 spiro atoms. The normalized spacial score (nSPS) is 15.3. The lowest BCUT2D eigenvalue weighted by Gasteiger charge is -2.16. The van der Waals surface area contributed by atoms with Gasteiger partial charge in [-0.1, -0.05) is 24.3 Å². The zero-order valence-corrected chi connectivity index (χ0v) is 10.0. The van der Waals surface area contributed by atoms with E-state index in [0.29, 0.717) is 16.3 Å². The standard InChI is InChI=1S/C15H14FNO/c16-14-8-7-13(11-5-1-2-6-12(11)14)15(18)17-9-3-4-10-17/h1-2,5-8H,3-4,9-10H2. The second-order valence-corrected chi connectivity index (χ2v) is 4.64. The first kappa shape index (κ1) is 11.2. The Morgan fingerprint density at radius 1 is 1.00 bits per heavy atom. The number of hydrogen-bond donors (Lipinski definition) is 0. The monoisotopic (exact) mass is 243 g/mol. The highest BCUT2D eigenvalue weighted by Crippen LogP contribution is 2.24. The summed E-state index contributed by atoms with van der Waals surface area (Å²) in [6, 6.07) is 10.1. The lowest BCUT2D eigenvalue weighted by Crippen LogP contribution is -2.27. The third-order valence-electron chi connectivity index (χ3n) is 3.49. The zero-order valence-electron chi connectivity index (χ0n) is 10.0. The largest absolute Gasteiger partial charge is 0.339 e. The fourth-order valence-corrected chi connectivity index (χ4v) is 2.54. The molecule has 3 rings (SSSR count). The number of benzene rings is 2. The highest BCUT2D eigenvalue weighted by molar-refractivity contribution is 6.07. The number of likely N-dealkylation sites (tertiary alicyclic amines) is 1. The number of hydrogen-bond acceptors (Lipinski definition) is 1. The van der Waals surface area contributed by atoms with Gasteiger partial charge in [0.05, 0.1) is 0 Å². The molecule has 2 aromatic rings. The third-order valence-corrected chi connectivity index (χ3v) is 3.49. The molecule has 1 saturated heterocycles. The lowest BCUT2D eigenvalue weighted by molar-refractivity contribution is 0.0795. The summed E-state index contributed by atoms with van der Waals surface area (Å²) < 4.78 is 13.7. The molecule has 2 aromatic carbocycles. The first-order valence-corrected chi connectivity index (χ1v) is 6.24. The van der Waals surface area contributed by atoms with Crippen LogP contribution in [-0.4, -0.2) is 23.9 Å². The molecule has 2 nitrogen and oxygen atoms in total. The van der Waals surface area contributed by atoms with E-state index in [2.05, 4.69) is 0 Å². The summed E-state index contributed by atoms with van der Waals surface area (Å²) in [6.45, 7) is 1.62. The Morgan fingerprint density at radius 3 is 2.39 bits per heavy atom. The fraction of sp³-hybridized carbons (Fsp3) is 0.267. The van der Waals surface area contributed by atoms with Gasteiger partial charge in [0.25, 0.3) is 5.91 Å². The van der Waals surface area contributed by atoms with Gasteiger partial charge in [0.1, 0.15) is 5.82 Å². The number of fused-ring (bicyclic) bond motifs is 1. The van der Waals surface area contributed by atoms with Crippen LogP contribution < -0.4 is 0 Å². The smallest absolute Gasteiger partial charge is 0.254 e. The van der Waals surface area contributed by atoms with Gasteiger partial charge in [-0.3, -0.25) is 4.79 Å². The predicted molar refractivity (Wildman–Crippen MR) is 69.0 cm³/mol. The van der Waals surface area contributed by atoms with Crippen LogP contribution in [-0.2, 0) is 0 Å². The van der Waals surface area contributed by atoms with Crippen LogP contribution in [0.4, 0.5) is 4.39 Å². The molecule has 1 amide bonds. The minimum atomic E-state index is -0.274. The number of halogens is 1. The Hall–Kier alpha value is -1.90. The van der Waals surface area contributed by atoms with Crippen LogP contribution in [0.2, 0.25) is 0 Å². The molecule has 0 atom stereocenters. The van der Waals surface area contributed by atoms with Crippen molar-refractivity contribution in [1.29, 1.82) is 0 Å². The SMILES string of the molecule is O=C(c1ccc(F)c2ccccc12)N1CCCC1. The van der Waals surface area contributed by atoms with Gasteiger partial charge < -0.3 is 4.90 Å². The molecule has 0 saturated carbocycles. The van der Waals surface area contributed by atoms with Crippen molar-refractivity contribution in [3.8, 4) is 0 Å². The average molecular weight is 243 g/mol. The van der Waals surface area contributed by atoms with Gasteiger partial charge in [-0.15, -0.1) is 0 Å². The minimum Gasteiger partial charge on any atom is -0.339 e. The van der Waals surface area contributed by atoms with Gasteiger partial charge in [0.2, 0.25) is 0 Å². The molecule has 1 fully saturated rings. The number of amides is 1. The summed E-state index contributed by atoms with van der Waals surface area (Å²) in [5, 5.41) is 1.22. The number of nitrogens with zero attached hydrogens (tertiary/aromatic N) is 1. The van der Waals surface area contributed by atoms with Gasteiger partial charge in [-0.05, 0) is 30.4 Å². The number of rotatable bonds is 1. The quantitative estimate of drug-likeness (QED) is 0.753. The second kappa shape index (κ2) is 4.41. The first-order valence-electron chi connectivity index (χ1n) is 6.24. The summed E-state index contributed by atoms with van der Waals surface area (Å²) in [7, 11) is 0. The Balaban J connectivity index is 2.11. The van der Waals surface area contributed by atoms with E-state index in [0.717, 1.165) is 25.9 Å². The van der Waals surface area contributed by atoms with Crippen LogP contribution in [0.1, 0.15) is 23.2 Å². The Morgan fingerprint density at radius 2 is 1.67 bits per heavy atom. The van der Waals surface area contributed by atoms with Gasteiger partial charge in [0, 0.05) is 24.0 Å². The molecular formula is C15H14FNO. The maximum absolute atomic E-state index is 13.7. The summed E-state index contributed by atoms with van der Waals surface area (Å²) in [6.07, 6.45) is 2.12. The maximum Gasteiger partial charge on any atom is 0.254 e. The van der Waals surface area contributed by atoms with Crippen molar-refractivity contribution in [2.24, 2.45) is 0 Å². The zero-order chi connectivity index (χ0) is 12.5. The van der Waals surface area contributed by atoms with E-state index >= 15 is 0 Å². The molecule has 92 valence electrons. The van der Waals surface area contributed by atoms with Crippen LogP contribution in [0.5, 0.6) is 0 Å². The van der Waals surface area contributed by atoms with Gasteiger partial charge in [-0.2, -0.15) is 0 Å². The van der Waals surface area contributed by atoms with E-state index in [1.54, 1.807) is 18.2 Å². The van der Waals surface area contributed by atoms with E-state index in [-0.39, 0.29) is 11.7 Å². The van der Waals surface area contributed by atoms with Crippen molar-refractivity contribution in [2.75, 3.05) is 13.1 Å². The van der Waals surface area contributed by atoms with Crippen molar-refractivity contribution >= 4 is 16.7 Å². The summed E-state index contributed by atoms with van der Waals surface area (Å²) in [4.78, 5) is 14.2. The van der Waals surface area contributed by atoms with Crippen molar-refractivity contribution in [3.05, 3.63) is 47.8 Å². The number of carbonyl (C=O) groups is 1. The van der Waals surface area contributed by atoms with E-state index in [1.807, 2.05) is 17.0 Å². The fourth-order valence-electron chi connectivity index (χ4n) is 2.54. The van der Waals surface area contributed by atoms with Crippen molar-refractivity contribution in [3.63, 3.8) is 0 Å². The van der Waals surface area contributed by atoms with E-state index in [4.69, 9.17) is 0 Å². The molecule has 0 unspecified atom stereocenters. The molecule has 3 heteroatoms. The molecule has 1 aliphatic heterocycles. The predicted octanol–water partition coefficient (Wildman–Crippen LogP) is 3.21. The van der Waals surface area contributed by atoms with Crippen LogP contribution in [0.25, 0.3) is 10.8 Å². The van der Waals surface area contributed by atoms with Crippen molar-refractivity contribution in [1.82, 2.24) is 4.90 Å². The molecule has 1 aliphatic rings. The molecule has 0 aliphatic carbocycles. The minimum absolute atomic E-state index is 0.0173. The Labute approximate surface area is 105 Å². The van der Waals surface area contributed by atoms with E-state index in [9.17, 15) is 9.18 Å². The summed E-state index contributed by atoms with van der Waals surface area (Å²) >= 11 is 0. The van der Waals surface area contributed by atoms with Crippen LogP contribution in [0.15, 0.2) is 36.4 Å². The second-order valence-electron chi connectivity index (χ2n) is 4.64. The molecule has 0 radical (unpaired) electrons. The van der Waals surface area contributed by atoms with Gasteiger partial charge >= 0.3 is 0 Å². The highest BCUT2D eigenvalue weighted by atomic mass is 19.1.